The average molecular weight is 337 g/mol. The molecule has 4 nitrogen and oxygen atoms in total. The Hall–Kier alpha value is -0.950. The average Bonchev–Trinajstić information content (AvgIpc) is 2.86. The fourth-order valence-corrected chi connectivity index (χ4v) is 4.75. The van der Waals surface area contributed by atoms with E-state index < -0.39 is 5.79 Å². The molecular formula is C16H19NO3S2. The third kappa shape index (κ3) is 3.87. The van der Waals surface area contributed by atoms with Gasteiger partial charge in [0, 0.05) is 18.6 Å². The quantitative estimate of drug-likeness (QED) is 0.612. The van der Waals surface area contributed by atoms with Gasteiger partial charge in [0.15, 0.2) is 10.1 Å². The van der Waals surface area contributed by atoms with Crippen molar-refractivity contribution >= 4 is 39.6 Å². The van der Waals surface area contributed by atoms with E-state index in [-0.39, 0.29) is 12.2 Å². The van der Waals surface area contributed by atoms with Gasteiger partial charge in [0.2, 0.25) is 0 Å². The zero-order valence-electron chi connectivity index (χ0n) is 12.7. The molecule has 0 aliphatic carbocycles. The smallest absolute Gasteiger partial charge is 0.163 e. The number of para-hydroxylation sites is 1. The lowest BCUT2D eigenvalue weighted by molar-refractivity contribution is -0.294. The lowest BCUT2D eigenvalue weighted by atomic mass is 10.1. The van der Waals surface area contributed by atoms with E-state index in [1.54, 1.807) is 23.1 Å². The van der Waals surface area contributed by atoms with E-state index in [2.05, 4.69) is 11.1 Å². The number of hydrogen-bond acceptors (Lipinski definition) is 6. The molecule has 1 fully saturated rings. The summed E-state index contributed by atoms with van der Waals surface area (Å²) >= 11 is 3.42. The van der Waals surface area contributed by atoms with Crippen LogP contribution in [0.5, 0.6) is 0 Å². The van der Waals surface area contributed by atoms with E-state index in [0.717, 1.165) is 28.3 Å². The summed E-state index contributed by atoms with van der Waals surface area (Å²) in [4.78, 5) is 15.4. The predicted molar refractivity (Wildman–Crippen MR) is 89.5 cm³/mol. The van der Waals surface area contributed by atoms with Crippen molar-refractivity contribution in [2.45, 2.75) is 49.0 Å². The number of ether oxygens (including phenoxy) is 2. The molecule has 1 saturated heterocycles. The fraction of sp³-hybridized carbons (Fsp3) is 0.500. The Bertz CT molecular complexity index is 623. The molecule has 2 atom stereocenters. The normalized spacial score (nSPS) is 24.5. The first-order valence-electron chi connectivity index (χ1n) is 7.33. The maximum Gasteiger partial charge on any atom is 0.163 e. The molecule has 1 aliphatic heterocycles. The summed E-state index contributed by atoms with van der Waals surface area (Å²) < 4.78 is 14.0. The first-order chi connectivity index (χ1) is 10.6. The van der Waals surface area contributed by atoms with E-state index >= 15 is 0 Å². The maximum atomic E-state index is 10.7. The molecule has 0 N–H and O–H groups in total. The minimum Gasteiger partial charge on any atom is -0.347 e. The van der Waals surface area contributed by atoms with Gasteiger partial charge in [-0.1, -0.05) is 23.9 Å². The van der Waals surface area contributed by atoms with E-state index in [1.165, 1.54) is 4.70 Å². The molecule has 3 rings (SSSR count). The van der Waals surface area contributed by atoms with E-state index in [9.17, 15) is 4.79 Å². The third-order valence-electron chi connectivity index (χ3n) is 3.45. The molecule has 2 heterocycles. The van der Waals surface area contributed by atoms with Crippen LogP contribution in [0.3, 0.4) is 0 Å². The van der Waals surface area contributed by atoms with Gasteiger partial charge in [0.05, 0.1) is 22.4 Å². The Morgan fingerprint density at radius 1 is 1.36 bits per heavy atom. The molecular weight excluding hydrogens is 318 g/mol. The van der Waals surface area contributed by atoms with Crippen molar-refractivity contribution in [3.05, 3.63) is 24.3 Å². The number of benzene rings is 1. The van der Waals surface area contributed by atoms with Gasteiger partial charge in [-0.15, -0.1) is 11.3 Å². The molecule has 0 spiro atoms. The second-order valence-corrected chi connectivity index (χ2v) is 8.07. The van der Waals surface area contributed by atoms with Crippen molar-refractivity contribution < 1.29 is 14.3 Å². The summed E-state index contributed by atoms with van der Waals surface area (Å²) in [7, 11) is 0. The number of fused-ring (bicyclic) bond motifs is 1. The Balaban J connectivity index is 1.63. The molecule has 0 bridgehead atoms. The van der Waals surface area contributed by atoms with Crippen LogP contribution in [0.25, 0.3) is 10.2 Å². The van der Waals surface area contributed by atoms with Crippen LogP contribution in [0.4, 0.5) is 0 Å². The van der Waals surface area contributed by atoms with Gasteiger partial charge in [-0.3, -0.25) is 0 Å². The van der Waals surface area contributed by atoms with Gasteiger partial charge in [-0.2, -0.15) is 0 Å². The number of thioether (sulfide) groups is 1. The van der Waals surface area contributed by atoms with Gasteiger partial charge < -0.3 is 14.3 Å². The number of aldehydes is 1. The van der Waals surface area contributed by atoms with E-state index in [0.29, 0.717) is 6.42 Å². The molecule has 1 aromatic heterocycles. The van der Waals surface area contributed by atoms with Gasteiger partial charge in [0.25, 0.3) is 0 Å². The van der Waals surface area contributed by atoms with Gasteiger partial charge in [-0.25, -0.2) is 4.98 Å². The predicted octanol–water partition coefficient (Wildman–Crippen LogP) is 3.89. The second-order valence-electron chi connectivity index (χ2n) is 5.78. The van der Waals surface area contributed by atoms with Crippen molar-refractivity contribution in [3.8, 4) is 0 Å². The molecule has 6 heteroatoms. The van der Waals surface area contributed by atoms with Crippen molar-refractivity contribution in [1.82, 2.24) is 4.98 Å². The van der Waals surface area contributed by atoms with E-state index in [1.807, 2.05) is 32.0 Å². The van der Waals surface area contributed by atoms with Gasteiger partial charge >= 0.3 is 0 Å². The maximum absolute atomic E-state index is 10.7. The van der Waals surface area contributed by atoms with Crippen molar-refractivity contribution in [3.63, 3.8) is 0 Å². The number of hydrogen-bond donors (Lipinski definition) is 0. The zero-order chi connectivity index (χ0) is 15.6. The highest BCUT2D eigenvalue weighted by Gasteiger charge is 2.35. The fourth-order valence-electron chi connectivity index (χ4n) is 2.65. The molecule has 2 aromatic rings. The van der Waals surface area contributed by atoms with Crippen molar-refractivity contribution in [1.29, 1.82) is 0 Å². The Kier molecular flexibility index (Phi) is 4.82. The molecule has 1 aliphatic rings. The van der Waals surface area contributed by atoms with Crippen molar-refractivity contribution in [2.75, 3.05) is 5.75 Å². The summed E-state index contributed by atoms with van der Waals surface area (Å²) in [5.41, 5.74) is 1.04. The lowest BCUT2D eigenvalue weighted by Gasteiger charge is -2.40. The highest BCUT2D eigenvalue weighted by Crippen LogP contribution is 2.34. The van der Waals surface area contributed by atoms with E-state index in [4.69, 9.17) is 9.47 Å². The van der Waals surface area contributed by atoms with Crippen LogP contribution in [0, 0.1) is 0 Å². The molecule has 0 saturated carbocycles. The van der Waals surface area contributed by atoms with Crippen LogP contribution in [-0.4, -0.2) is 35.0 Å². The summed E-state index contributed by atoms with van der Waals surface area (Å²) in [5, 5.41) is 0. The number of thiazole rings is 1. The summed E-state index contributed by atoms with van der Waals surface area (Å²) in [6.45, 7) is 3.80. The topological polar surface area (TPSA) is 48.4 Å². The third-order valence-corrected chi connectivity index (χ3v) is 5.76. The van der Waals surface area contributed by atoms with Crippen LogP contribution >= 0.6 is 23.1 Å². The highest BCUT2D eigenvalue weighted by atomic mass is 32.2. The first-order valence-corrected chi connectivity index (χ1v) is 9.13. The second kappa shape index (κ2) is 6.66. The molecule has 0 amide bonds. The number of aromatic nitrogens is 1. The Morgan fingerprint density at radius 2 is 2.14 bits per heavy atom. The largest absolute Gasteiger partial charge is 0.347 e. The lowest BCUT2D eigenvalue weighted by Crippen LogP contribution is -2.45. The number of rotatable bonds is 5. The highest BCUT2D eigenvalue weighted by molar-refractivity contribution is 8.01. The number of carbonyl (C=O) groups excluding carboxylic acids is 1. The zero-order valence-corrected chi connectivity index (χ0v) is 14.3. The van der Waals surface area contributed by atoms with Crippen LogP contribution in [-0.2, 0) is 14.3 Å². The Morgan fingerprint density at radius 3 is 2.91 bits per heavy atom. The SMILES string of the molecule is CC1(C)OC(CC=O)CC(CSc2nc3ccccc3s2)O1. The molecule has 2 unspecified atom stereocenters. The van der Waals surface area contributed by atoms with Gasteiger partial charge in [0.1, 0.15) is 6.29 Å². The molecule has 22 heavy (non-hydrogen) atoms. The van der Waals surface area contributed by atoms with Crippen LogP contribution in [0.1, 0.15) is 26.7 Å². The molecule has 1 aromatic carbocycles. The van der Waals surface area contributed by atoms with Crippen LogP contribution < -0.4 is 0 Å². The summed E-state index contributed by atoms with van der Waals surface area (Å²) in [5.74, 6) is 0.187. The standard InChI is InChI=1S/C16H19NO3S2/c1-16(2)19-11(7-8-18)9-12(20-16)10-21-15-17-13-5-3-4-6-14(13)22-15/h3-6,8,11-12H,7,9-10H2,1-2H3. The number of carbonyl (C=O) groups is 1. The minimum absolute atomic E-state index is 0.0535. The van der Waals surface area contributed by atoms with Crippen LogP contribution in [0.15, 0.2) is 28.6 Å². The summed E-state index contributed by atoms with van der Waals surface area (Å²) in [6.07, 6.45) is 2.12. The number of nitrogens with zero attached hydrogens (tertiary/aromatic N) is 1. The first kappa shape index (κ1) is 15.9. The molecule has 118 valence electrons. The Labute approximate surface area is 138 Å². The van der Waals surface area contributed by atoms with Gasteiger partial charge in [-0.05, 0) is 26.0 Å². The molecule has 0 radical (unpaired) electrons. The summed E-state index contributed by atoms with van der Waals surface area (Å²) in [6, 6.07) is 8.16. The minimum atomic E-state index is -0.634. The van der Waals surface area contributed by atoms with Crippen LogP contribution in [0.2, 0.25) is 0 Å². The van der Waals surface area contributed by atoms with Crippen molar-refractivity contribution in [2.24, 2.45) is 0 Å². The monoisotopic (exact) mass is 337 g/mol.